The molecule has 1 N–H and O–H groups in total. The molecule has 0 spiro atoms. The van der Waals surface area contributed by atoms with Gasteiger partial charge in [-0.05, 0) is 54.4 Å². The number of ether oxygens (including phenoxy) is 3. The van der Waals surface area contributed by atoms with Crippen LogP contribution in [0.1, 0.15) is 16.7 Å². The minimum Gasteiger partial charge on any atom is -0.497 e. The number of nitrogens with one attached hydrogen (secondary N) is 1. The molecule has 4 nitrogen and oxygen atoms in total. The third-order valence-electron chi connectivity index (χ3n) is 4.71. The van der Waals surface area contributed by atoms with Crippen LogP contribution in [-0.4, -0.2) is 20.8 Å². The average Bonchev–Trinajstić information content (AvgIpc) is 2.78. The summed E-state index contributed by atoms with van der Waals surface area (Å²) in [6, 6.07) is 19.5. The van der Waals surface area contributed by atoms with Gasteiger partial charge in [0.15, 0.2) is 11.5 Å². The molecule has 0 unspecified atom stereocenters. The summed E-state index contributed by atoms with van der Waals surface area (Å²) in [6.45, 7) is 1.88. The fraction of sp³-hybridized carbons (Fsp3) is 0.250. The normalized spacial score (nSPS) is 10.7. The summed E-state index contributed by atoms with van der Waals surface area (Å²) in [5.41, 5.74) is 3.22. The van der Waals surface area contributed by atoms with Crippen LogP contribution in [-0.2, 0) is 19.6 Å². The third kappa shape index (κ3) is 6.05. The van der Waals surface area contributed by atoms with E-state index >= 15 is 0 Å². The third-order valence-corrected chi connectivity index (χ3v) is 5.45. The summed E-state index contributed by atoms with van der Waals surface area (Å²) >= 11 is 12.1. The van der Waals surface area contributed by atoms with Crippen molar-refractivity contribution >= 4 is 23.2 Å². The fourth-order valence-corrected chi connectivity index (χ4v) is 3.38. The zero-order valence-corrected chi connectivity index (χ0v) is 18.6. The molecule has 0 saturated heterocycles. The summed E-state index contributed by atoms with van der Waals surface area (Å²) < 4.78 is 16.8. The average molecular weight is 446 g/mol. The largest absolute Gasteiger partial charge is 0.497 e. The lowest BCUT2D eigenvalue weighted by Crippen LogP contribution is -2.17. The Hall–Kier alpha value is -2.40. The van der Waals surface area contributed by atoms with Gasteiger partial charge in [-0.1, -0.05) is 53.5 Å². The predicted molar refractivity (Wildman–Crippen MR) is 122 cm³/mol. The van der Waals surface area contributed by atoms with E-state index in [1.54, 1.807) is 20.3 Å². The first kappa shape index (κ1) is 22.3. The summed E-state index contributed by atoms with van der Waals surface area (Å²) in [4.78, 5) is 0. The Bertz CT molecular complexity index is 961. The molecule has 3 aromatic rings. The van der Waals surface area contributed by atoms with Crippen molar-refractivity contribution in [2.75, 3.05) is 20.8 Å². The fourth-order valence-electron chi connectivity index (χ4n) is 3.06. The topological polar surface area (TPSA) is 39.7 Å². The maximum Gasteiger partial charge on any atom is 0.166 e. The Morgan fingerprint density at radius 1 is 0.833 bits per heavy atom. The van der Waals surface area contributed by atoms with Crippen molar-refractivity contribution in [2.45, 2.75) is 19.6 Å². The van der Waals surface area contributed by atoms with Crippen LogP contribution in [0.25, 0.3) is 0 Å². The van der Waals surface area contributed by atoms with Crippen LogP contribution in [0.2, 0.25) is 10.0 Å². The van der Waals surface area contributed by atoms with Gasteiger partial charge in [0.25, 0.3) is 0 Å². The highest BCUT2D eigenvalue weighted by Crippen LogP contribution is 2.32. The lowest BCUT2D eigenvalue weighted by molar-refractivity contribution is 0.280. The van der Waals surface area contributed by atoms with Crippen LogP contribution in [0.4, 0.5) is 0 Å². The molecule has 0 radical (unpaired) electrons. The van der Waals surface area contributed by atoms with Crippen molar-refractivity contribution in [3.63, 3.8) is 0 Å². The molecule has 3 aromatic carbocycles. The van der Waals surface area contributed by atoms with E-state index in [9.17, 15) is 0 Å². The van der Waals surface area contributed by atoms with Crippen LogP contribution in [0.3, 0.4) is 0 Å². The molecule has 158 valence electrons. The SMILES string of the molecule is COc1ccc(CCNCc2cccc(OC)c2OCc2ccc(Cl)c(Cl)c2)cc1. The smallest absolute Gasteiger partial charge is 0.166 e. The van der Waals surface area contributed by atoms with E-state index in [1.165, 1.54) is 5.56 Å². The van der Waals surface area contributed by atoms with Crippen molar-refractivity contribution in [3.8, 4) is 17.2 Å². The molecule has 0 amide bonds. The van der Waals surface area contributed by atoms with Crippen molar-refractivity contribution in [2.24, 2.45) is 0 Å². The molecule has 0 fully saturated rings. The second-order valence-corrected chi connectivity index (χ2v) is 7.57. The first-order valence-corrected chi connectivity index (χ1v) is 10.4. The zero-order chi connectivity index (χ0) is 21.3. The molecular weight excluding hydrogens is 421 g/mol. The standard InChI is InChI=1S/C24H25Cl2NO3/c1-28-20-9-6-17(7-10-20)12-13-27-15-19-4-3-5-23(29-2)24(19)30-16-18-8-11-21(25)22(26)14-18/h3-11,14,27H,12-13,15-16H2,1-2H3. The molecule has 0 aliphatic carbocycles. The predicted octanol–water partition coefficient (Wildman–Crippen LogP) is 5.92. The van der Waals surface area contributed by atoms with Gasteiger partial charge < -0.3 is 19.5 Å². The Labute approximate surface area is 187 Å². The first-order chi connectivity index (χ1) is 14.6. The van der Waals surface area contributed by atoms with Gasteiger partial charge in [-0.2, -0.15) is 0 Å². The molecule has 0 saturated carbocycles. The van der Waals surface area contributed by atoms with Gasteiger partial charge in [-0.25, -0.2) is 0 Å². The molecular formula is C24H25Cl2NO3. The van der Waals surface area contributed by atoms with Gasteiger partial charge in [0.05, 0.1) is 24.3 Å². The van der Waals surface area contributed by atoms with Crippen LogP contribution < -0.4 is 19.5 Å². The van der Waals surface area contributed by atoms with Crippen molar-refractivity contribution in [1.29, 1.82) is 0 Å². The molecule has 0 aliphatic heterocycles. The van der Waals surface area contributed by atoms with Gasteiger partial charge in [-0.15, -0.1) is 0 Å². The molecule has 0 aliphatic rings. The van der Waals surface area contributed by atoms with Crippen LogP contribution in [0, 0.1) is 0 Å². The Morgan fingerprint density at radius 2 is 1.60 bits per heavy atom. The molecule has 6 heteroatoms. The number of methoxy groups -OCH3 is 2. The van der Waals surface area contributed by atoms with E-state index in [4.69, 9.17) is 37.4 Å². The van der Waals surface area contributed by atoms with Crippen LogP contribution in [0.5, 0.6) is 17.2 Å². The van der Waals surface area contributed by atoms with Gasteiger partial charge in [-0.3, -0.25) is 0 Å². The van der Waals surface area contributed by atoms with Gasteiger partial charge in [0, 0.05) is 12.1 Å². The molecule has 0 aromatic heterocycles. The molecule has 0 heterocycles. The Kier molecular flexibility index (Phi) is 8.26. The minimum absolute atomic E-state index is 0.371. The van der Waals surface area contributed by atoms with E-state index in [-0.39, 0.29) is 0 Å². The number of para-hydroxylation sites is 1. The van der Waals surface area contributed by atoms with Crippen molar-refractivity contribution in [1.82, 2.24) is 5.32 Å². The number of hydrogen-bond acceptors (Lipinski definition) is 4. The molecule has 3 rings (SSSR count). The van der Waals surface area contributed by atoms with Crippen molar-refractivity contribution in [3.05, 3.63) is 87.4 Å². The second kappa shape index (κ2) is 11.1. The molecule has 0 atom stereocenters. The van der Waals surface area contributed by atoms with E-state index in [1.807, 2.05) is 42.5 Å². The highest BCUT2D eigenvalue weighted by molar-refractivity contribution is 6.42. The summed E-state index contributed by atoms with van der Waals surface area (Å²) in [5, 5.41) is 4.52. The van der Waals surface area contributed by atoms with Crippen molar-refractivity contribution < 1.29 is 14.2 Å². The monoisotopic (exact) mass is 445 g/mol. The Balaban J connectivity index is 1.60. The number of benzene rings is 3. The van der Waals surface area contributed by atoms with E-state index in [2.05, 4.69) is 17.4 Å². The van der Waals surface area contributed by atoms with E-state index in [0.717, 1.165) is 35.6 Å². The summed E-state index contributed by atoms with van der Waals surface area (Å²) in [7, 11) is 3.31. The number of rotatable bonds is 10. The lowest BCUT2D eigenvalue weighted by Gasteiger charge is -2.16. The zero-order valence-electron chi connectivity index (χ0n) is 17.1. The maximum atomic E-state index is 6.11. The number of halogens is 2. The van der Waals surface area contributed by atoms with Crippen LogP contribution >= 0.6 is 23.2 Å². The highest BCUT2D eigenvalue weighted by atomic mass is 35.5. The van der Waals surface area contributed by atoms with Crippen LogP contribution in [0.15, 0.2) is 60.7 Å². The van der Waals surface area contributed by atoms with Gasteiger partial charge >= 0.3 is 0 Å². The summed E-state index contributed by atoms with van der Waals surface area (Å²) in [5.74, 6) is 2.29. The Morgan fingerprint density at radius 3 is 2.30 bits per heavy atom. The number of hydrogen-bond donors (Lipinski definition) is 1. The lowest BCUT2D eigenvalue weighted by atomic mass is 10.1. The van der Waals surface area contributed by atoms with E-state index in [0.29, 0.717) is 28.9 Å². The van der Waals surface area contributed by atoms with Gasteiger partial charge in [0.2, 0.25) is 0 Å². The quantitative estimate of drug-likeness (QED) is 0.393. The van der Waals surface area contributed by atoms with Gasteiger partial charge in [0.1, 0.15) is 12.4 Å². The maximum absolute atomic E-state index is 6.11. The molecule has 30 heavy (non-hydrogen) atoms. The first-order valence-electron chi connectivity index (χ1n) is 9.67. The van der Waals surface area contributed by atoms with E-state index < -0.39 is 0 Å². The highest BCUT2D eigenvalue weighted by Gasteiger charge is 2.11. The second-order valence-electron chi connectivity index (χ2n) is 6.76. The minimum atomic E-state index is 0.371. The molecule has 0 bridgehead atoms. The summed E-state index contributed by atoms with van der Waals surface area (Å²) in [6.07, 6.45) is 0.924.